The minimum Gasteiger partial charge on any atom is -0.497 e. The third-order valence-corrected chi connectivity index (χ3v) is 3.50. The quantitative estimate of drug-likeness (QED) is 0.620. The first-order valence-corrected chi connectivity index (χ1v) is 6.75. The van der Waals surface area contributed by atoms with Crippen molar-refractivity contribution in [1.82, 2.24) is 10.4 Å². The van der Waals surface area contributed by atoms with Crippen LogP contribution in [0.3, 0.4) is 0 Å². The van der Waals surface area contributed by atoms with Gasteiger partial charge in [0.25, 0.3) is 0 Å². The molecular weight excluding hydrogens is 246 g/mol. The number of nitrogens with one attached hydrogen (secondary N) is 1. The van der Waals surface area contributed by atoms with Gasteiger partial charge in [-0.25, -0.2) is 4.98 Å². The van der Waals surface area contributed by atoms with Gasteiger partial charge in [-0.05, 0) is 30.5 Å². The number of aryl methyl sites for hydroxylation is 1. The van der Waals surface area contributed by atoms with Gasteiger partial charge < -0.3 is 4.74 Å². The van der Waals surface area contributed by atoms with Crippen molar-refractivity contribution in [1.29, 1.82) is 0 Å². The molecule has 0 radical (unpaired) electrons. The van der Waals surface area contributed by atoms with Gasteiger partial charge in [0, 0.05) is 5.38 Å². The average molecular weight is 263 g/mol. The van der Waals surface area contributed by atoms with Gasteiger partial charge in [-0.15, -0.1) is 11.3 Å². The van der Waals surface area contributed by atoms with Crippen LogP contribution in [-0.2, 0) is 6.42 Å². The van der Waals surface area contributed by atoms with Gasteiger partial charge in [0.15, 0.2) is 0 Å². The lowest BCUT2D eigenvalue weighted by Crippen LogP contribution is -2.28. The normalized spacial score (nSPS) is 12.3. The number of ether oxygens (including phenoxy) is 1. The third-order valence-electron chi connectivity index (χ3n) is 2.89. The molecule has 18 heavy (non-hydrogen) atoms. The molecule has 0 saturated carbocycles. The van der Waals surface area contributed by atoms with Crippen LogP contribution in [-0.4, -0.2) is 12.1 Å². The second-order valence-electron chi connectivity index (χ2n) is 4.02. The van der Waals surface area contributed by atoms with E-state index in [-0.39, 0.29) is 6.04 Å². The zero-order chi connectivity index (χ0) is 12.8. The van der Waals surface area contributed by atoms with Gasteiger partial charge in [-0.2, -0.15) is 0 Å². The summed E-state index contributed by atoms with van der Waals surface area (Å²) in [6.07, 6.45) is 1.88. The fourth-order valence-electron chi connectivity index (χ4n) is 1.81. The molecule has 0 saturated heterocycles. The number of rotatable bonds is 6. The van der Waals surface area contributed by atoms with Gasteiger partial charge in [-0.3, -0.25) is 11.3 Å². The first kappa shape index (κ1) is 13.0. The lowest BCUT2D eigenvalue weighted by molar-refractivity contribution is 0.414. The second-order valence-corrected chi connectivity index (χ2v) is 4.74. The molecule has 0 aliphatic rings. The molecule has 0 bridgehead atoms. The van der Waals surface area contributed by atoms with Crippen molar-refractivity contribution in [2.24, 2.45) is 5.84 Å². The second kappa shape index (κ2) is 6.49. The van der Waals surface area contributed by atoms with E-state index in [1.54, 1.807) is 18.4 Å². The van der Waals surface area contributed by atoms with Crippen LogP contribution < -0.4 is 16.0 Å². The minimum atomic E-state index is 0.110. The minimum absolute atomic E-state index is 0.110. The molecule has 0 aliphatic carbocycles. The van der Waals surface area contributed by atoms with Gasteiger partial charge >= 0.3 is 0 Å². The van der Waals surface area contributed by atoms with E-state index in [0.29, 0.717) is 0 Å². The number of benzene rings is 1. The molecule has 1 aromatic heterocycles. The van der Waals surface area contributed by atoms with Crippen LogP contribution in [0.4, 0.5) is 0 Å². The van der Waals surface area contributed by atoms with Crippen molar-refractivity contribution in [3.63, 3.8) is 0 Å². The lowest BCUT2D eigenvalue weighted by Gasteiger charge is -2.13. The highest BCUT2D eigenvalue weighted by molar-refractivity contribution is 7.07. The summed E-state index contributed by atoms with van der Waals surface area (Å²) in [4.78, 5) is 4.28. The number of hydrogen-bond acceptors (Lipinski definition) is 5. The van der Waals surface area contributed by atoms with Crippen LogP contribution in [0.2, 0.25) is 0 Å². The molecule has 0 fully saturated rings. The molecule has 1 unspecified atom stereocenters. The van der Waals surface area contributed by atoms with E-state index < -0.39 is 0 Å². The van der Waals surface area contributed by atoms with E-state index in [9.17, 15) is 0 Å². The fraction of sp³-hybridized carbons (Fsp3) is 0.308. The van der Waals surface area contributed by atoms with Crippen molar-refractivity contribution in [2.45, 2.75) is 18.9 Å². The number of hydrogen-bond donors (Lipinski definition) is 2. The van der Waals surface area contributed by atoms with Crippen molar-refractivity contribution in [3.05, 3.63) is 46.4 Å². The molecular formula is C13H17N3OS. The fourth-order valence-corrected chi connectivity index (χ4v) is 2.42. The van der Waals surface area contributed by atoms with E-state index >= 15 is 0 Å². The van der Waals surface area contributed by atoms with Crippen LogP contribution in [0.25, 0.3) is 0 Å². The maximum Gasteiger partial charge on any atom is 0.118 e. The molecule has 0 aliphatic heterocycles. The monoisotopic (exact) mass is 263 g/mol. The number of hydrazine groups is 1. The van der Waals surface area contributed by atoms with E-state index in [4.69, 9.17) is 10.6 Å². The molecule has 2 aromatic rings. The summed E-state index contributed by atoms with van der Waals surface area (Å²) < 4.78 is 5.13. The van der Waals surface area contributed by atoms with Crippen LogP contribution >= 0.6 is 11.3 Å². The number of thiazole rings is 1. The van der Waals surface area contributed by atoms with Gasteiger partial charge in [0.1, 0.15) is 5.75 Å². The Hall–Kier alpha value is -1.43. The Morgan fingerprint density at radius 3 is 2.72 bits per heavy atom. The molecule has 2 rings (SSSR count). The maximum absolute atomic E-state index is 5.57. The molecule has 5 heteroatoms. The Kier molecular flexibility index (Phi) is 4.69. The van der Waals surface area contributed by atoms with Crippen molar-refractivity contribution in [2.75, 3.05) is 7.11 Å². The predicted octanol–water partition coefficient (Wildman–Crippen LogP) is 2.29. The summed E-state index contributed by atoms with van der Waals surface area (Å²) in [6, 6.07) is 8.21. The zero-order valence-corrected chi connectivity index (χ0v) is 11.1. The Morgan fingerprint density at radius 2 is 2.17 bits per heavy atom. The molecule has 1 aromatic carbocycles. The number of nitrogens with zero attached hydrogens (tertiary/aromatic N) is 1. The Balaban J connectivity index is 1.93. The van der Waals surface area contributed by atoms with E-state index in [1.165, 1.54) is 5.56 Å². The van der Waals surface area contributed by atoms with Crippen LogP contribution in [0, 0.1) is 0 Å². The topological polar surface area (TPSA) is 60.2 Å². The number of methoxy groups -OCH3 is 1. The van der Waals surface area contributed by atoms with Crippen LogP contribution in [0.15, 0.2) is 35.2 Å². The summed E-state index contributed by atoms with van der Waals surface area (Å²) in [6.45, 7) is 0. The summed E-state index contributed by atoms with van der Waals surface area (Å²) in [7, 11) is 1.67. The van der Waals surface area contributed by atoms with E-state index in [2.05, 4.69) is 22.5 Å². The van der Waals surface area contributed by atoms with Gasteiger partial charge in [-0.1, -0.05) is 12.1 Å². The molecule has 3 N–H and O–H groups in total. The zero-order valence-electron chi connectivity index (χ0n) is 10.3. The van der Waals surface area contributed by atoms with Gasteiger partial charge in [0.2, 0.25) is 0 Å². The van der Waals surface area contributed by atoms with Crippen molar-refractivity contribution in [3.8, 4) is 5.75 Å². The first-order chi connectivity index (χ1) is 8.83. The summed E-state index contributed by atoms with van der Waals surface area (Å²) in [5.41, 5.74) is 6.92. The molecule has 0 amide bonds. The largest absolute Gasteiger partial charge is 0.497 e. The molecule has 96 valence electrons. The Bertz CT molecular complexity index is 456. The highest BCUT2D eigenvalue weighted by Crippen LogP contribution is 2.19. The average Bonchev–Trinajstić information content (AvgIpc) is 2.94. The molecule has 0 spiro atoms. The summed E-state index contributed by atoms with van der Waals surface area (Å²) in [5.74, 6) is 6.45. The van der Waals surface area contributed by atoms with Gasteiger partial charge in [0.05, 0.1) is 24.4 Å². The highest BCUT2D eigenvalue weighted by atomic mass is 32.1. The molecule has 1 heterocycles. The highest BCUT2D eigenvalue weighted by Gasteiger charge is 2.11. The van der Waals surface area contributed by atoms with Crippen molar-refractivity contribution >= 4 is 11.3 Å². The summed E-state index contributed by atoms with van der Waals surface area (Å²) >= 11 is 1.59. The lowest BCUT2D eigenvalue weighted by atomic mass is 10.0. The number of nitrogens with two attached hydrogens (primary N) is 1. The van der Waals surface area contributed by atoms with Crippen LogP contribution in [0.5, 0.6) is 5.75 Å². The van der Waals surface area contributed by atoms with Crippen LogP contribution in [0.1, 0.15) is 23.7 Å². The smallest absolute Gasteiger partial charge is 0.118 e. The standard InChI is InChI=1S/C13H17N3OS/c1-17-11-5-2-10(3-6-11)4-7-12(16-14)13-8-18-9-15-13/h2-3,5-6,8-9,12,16H,4,7,14H2,1H3. The van der Waals surface area contributed by atoms with Crippen molar-refractivity contribution < 1.29 is 4.74 Å². The summed E-state index contributed by atoms with van der Waals surface area (Å²) in [5, 5.41) is 2.03. The molecule has 4 nitrogen and oxygen atoms in total. The Morgan fingerprint density at radius 1 is 1.39 bits per heavy atom. The van der Waals surface area contributed by atoms with E-state index in [0.717, 1.165) is 24.3 Å². The Labute approximate surface area is 111 Å². The SMILES string of the molecule is COc1ccc(CCC(NN)c2cscn2)cc1. The third kappa shape index (κ3) is 3.29. The maximum atomic E-state index is 5.57. The first-order valence-electron chi connectivity index (χ1n) is 5.80. The van der Waals surface area contributed by atoms with E-state index in [1.807, 2.05) is 23.0 Å². The number of aromatic nitrogens is 1. The predicted molar refractivity (Wildman–Crippen MR) is 73.5 cm³/mol. The molecule has 1 atom stereocenters.